The Bertz CT molecular complexity index is 1020. The second kappa shape index (κ2) is 15.7. The summed E-state index contributed by atoms with van der Waals surface area (Å²) in [7, 11) is 0. The Hall–Kier alpha value is -2.20. The van der Waals surface area contributed by atoms with Gasteiger partial charge in [0.15, 0.2) is 0 Å². The number of amidine groups is 1. The number of hydrogen-bond acceptors (Lipinski definition) is 7. The zero-order valence-electron chi connectivity index (χ0n) is 23.4. The molecule has 0 atom stereocenters. The molecule has 1 amide bonds. The lowest BCUT2D eigenvalue weighted by Gasteiger charge is -2.39. The van der Waals surface area contributed by atoms with Crippen LogP contribution in [0.1, 0.15) is 50.5 Å². The Morgan fingerprint density at radius 1 is 1.15 bits per heavy atom. The summed E-state index contributed by atoms with van der Waals surface area (Å²) >= 11 is 6.02. The van der Waals surface area contributed by atoms with Gasteiger partial charge in [-0.2, -0.15) is 0 Å². The lowest BCUT2D eigenvalue weighted by Crippen LogP contribution is -2.51. The van der Waals surface area contributed by atoms with Gasteiger partial charge in [0.25, 0.3) is 0 Å². The van der Waals surface area contributed by atoms with Crippen LogP contribution in [-0.4, -0.2) is 90.8 Å². The quantitative estimate of drug-likeness (QED) is 0.292. The van der Waals surface area contributed by atoms with Crippen molar-refractivity contribution in [2.75, 3.05) is 59.1 Å². The third-order valence-electron chi connectivity index (χ3n) is 8.30. The van der Waals surface area contributed by atoms with Crippen LogP contribution in [0.4, 0.5) is 4.39 Å². The number of nitrogens with one attached hydrogen (secondary N) is 1. The van der Waals surface area contributed by atoms with Gasteiger partial charge in [0, 0.05) is 75.6 Å². The van der Waals surface area contributed by atoms with E-state index in [1.54, 1.807) is 23.2 Å². The number of aliphatic imine (C=N–C) groups is 1. The molecular weight excluding hydrogens is 535 g/mol. The Morgan fingerprint density at radius 3 is 2.60 bits per heavy atom. The van der Waals surface area contributed by atoms with Gasteiger partial charge in [-0.05, 0) is 68.5 Å². The van der Waals surface area contributed by atoms with E-state index in [-0.39, 0.29) is 31.5 Å². The molecule has 1 aromatic rings. The second-order valence-electron chi connectivity index (χ2n) is 11.4. The Morgan fingerprint density at radius 2 is 1.93 bits per heavy atom. The summed E-state index contributed by atoms with van der Waals surface area (Å²) in [4.78, 5) is 21.3. The number of rotatable bonds is 14. The number of aliphatic hydroxyl groups excluding tert-OH is 2. The first-order valence-corrected chi connectivity index (χ1v) is 15.1. The third-order valence-corrected chi connectivity index (χ3v) is 8.59. The Balaban J connectivity index is 1.08. The number of hydrogen-bond donors (Lipinski definition) is 3. The smallest absolute Gasteiger partial charge is 0.227 e. The SMILES string of the molecule is O=C(Cc1ccc(OCCCC2CCN(C3=NC=C(Cl)CC3)CC2)cc1F)N1CC(CCNCC(CO)CO)C1. The van der Waals surface area contributed by atoms with Crippen LogP contribution in [0.2, 0.25) is 0 Å². The lowest BCUT2D eigenvalue weighted by molar-refractivity contribution is -0.136. The molecule has 0 spiro atoms. The van der Waals surface area contributed by atoms with Crippen molar-refractivity contribution in [3.63, 3.8) is 0 Å². The first-order valence-electron chi connectivity index (χ1n) is 14.7. The first-order chi connectivity index (χ1) is 19.4. The number of aliphatic hydroxyl groups is 2. The van der Waals surface area contributed by atoms with Crippen LogP contribution in [0.3, 0.4) is 0 Å². The molecule has 0 radical (unpaired) electrons. The molecule has 4 rings (SSSR count). The minimum absolute atomic E-state index is 0.0364. The molecule has 0 unspecified atom stereocenters. The molecule has 0 bridgehead atoms. The molecule has 10 heteroatoms. The fraction of sp³-hybridized carbons (Fsp3) is 0.667. The van der Waals surface area contributed by atoms with Gasteiger partial charge in [-0.25, -0.2) is 9.38 Å². The molecule has 3 aliphatic heterocycles. The highest BCUT2D eigenvalue weighted by Gasteiger charge is 2.30. The van der Waals surface area contributed by atoms with Crippen LogP contribution in [0.5, 0.6) is 5.75 Å². The van der Waals surface area contributed by atoms with Gasteiger partial charge in [-0.15, -0.1) is 0 Å². The van der Waals surface area contributed by atoms with Crippen LogP contribution in [0, 0.1) is 23.6 Å². The average molecular weight is 579 g/mol. The number of piperidine rings is 1. The minimum Gasteiger partial charge on any atom is -0.493 e. The van der Waals surface area contributed by atoms with Crippen molar-refractivity contribution in [1.29, 1.82) is 0 Å². The molecule has 2 saturated heterocycles. The number of carbonyl (C=O) groups excluding carboxylic acids is 1. The number of allylic oxidation sites excluding steroid dienone is 1. The number of amides is 1. The first kappa shape index (κ1) is 30.8. The summed E-state index contributed by atoms with van der Waals surface area (Å²) < 4.78 is 20.5. The second-order valence-corrected chi connectivity index (χ2v) is 11.8. The summed E-state index contributed by atoms with van der Waals surface area (Å²) in [6.07, 6.45) is 8.90. The van der Waals surface area contributed by atoms with Crippen molar-refractivity contribution < 1.29 is 24.1 Å². The molecule has 0 aliphatic carbocycles. The number of carbonyl (C=O) groups is 1. The van der Waals surface area contributed by atoms with E-state index in [2.05, 4.69) is 15.2 Å². The zero-order chi connectivity index (χ0) is 28.3. The zero-order valence-corrected chi connectivity index (χ0v) is 24.1. The maximum Gasteiger partial charge on any atom is 0.227 e. The van der Waals surface area contributed by atoms with Crippen molar-refractivity contribution >= 4 is 23.3 Å². The third kappa shape index (κ3) is 9.16. The highest BCUT2D eigenvalue weighted by Crippen LogP contribution is 2.26. The van der Waals surface area contributed by atoms with E-state index in [9.17, 15) is 9.18 Å². The molecule has 222 valence electrons. The molecule has 0 aromatic heterocycles. The van der Waals surface area contributed by atoms with Crippen LogP contribution in [0.25, 0.3) is 0 Å². The fourth-order valence-electron chi connectivity index (χ4n) is 5.58. The maximum atomic E-state index is 14.7. The van der Waals surface area contributed by atoms with Gasteiger partial charge in [-0.3, -0.25) is 4.79 Å². The van der Waals surface area contributed by atoms with Gasteiger partial charge in [0.2, 0.25) is 5.91 Å². The van der Waals surface area contributed by atoms with Crippen LogP contribution in [0.15, 0.2) is 34.4 Å². The predicted molar refractivity (Wildman–Crippen MR) is 155 cm³/mol. The maximum absolute atomic E-state index is 14.7. The summed E-state index contributed by atoms with van der Waals surface area (Å²) in [5.74, 6) is 2.17. The van der Waals surface area contributed by atoms with Crippen molar-refractivity contribution in [3.8, 4) is 5.75 Å². The van der Waals surface area contributed by atoms with Gasteiger partial charge in [0.05, 0.1) is 13.0 Å². The fourth-order valence-corrected chi connectivity index (χ4v) is 5.72. The van der Waals surface area contributed by atoms with Gasteiger partial charge < -0.3 is 30.1 Å². The minimum atomic E-state index is -0.399. The molecule has 3 N–H and O–H groups in total. The van der Waals surface area contributed by atoms with E-state index in [1.165, 1.54) is 6.07 Å². The number of likely N-dealkylation sites (tertiary alicyclic amines) is 2. The van der Waals surface area contributed by atoms with E-state index in [0.29, 0.717) is 49.4 Å². The lowest BCUT2D eigenvalue weighted by atomic mass is 9.92. The van der Waals surface area contributed by atoms with Crippen molar-refractivity contribution in [3.05, 3.63) is 40.8 Å². The summed E-state index contributed by atoms with van der Waals surface area (Å²) in [6, 6.07) is 4.81. The molecule has 3 aliphatic rings. The average Bonchev–Trinajstić information content (AvgIpc) is 2.94. The molecule has 0 saturated carbocycles. The van der Waals surface area contributed by atoms with E-state index in [4.69, 9.17) is 26.6 Å². The summed E-state index contributed by atoms with van der Waals surface area (Å²) in [5, 5.41) is 22.3. The largest absolute Gasteiger partial charge is 0.493 e. The standard InChI is InChI=1S/C30H44ClFN4O4/c31-26-4-6-29(34-17-26)35-11-8-22(9-12-35)2-1-13-40-27-5-3-25(28(32)15-27)14-30(39)36-18-23(19-36)7-10-33-16-24(20-37)21-38/h3,5,15,17,22-24,33,37-38H,1-2,4,6-14,16,18-21H2. The summed E-state index contributed by atoms with van der Waals surface area (Å²) in [6.45, 7) is 5.28. The normalized spacial score (nSPS) is 18.5. The van der Waals surface area contributed by atoms with E-state index in [0.717, 1.165) is 75.4 Å². The highest BCUT2D eigenvalue weighted by atomic mass is 35.5. The van der Waals surface area contributed by atoms with E-state index < -0.39 is 5.82 Å². The topological polar surface area (TPSA) is 97.6 Å². The van der Waals surface area contributed by atoms with E-state index in [1.807, 2.05) is 0 Å². The monoisotopic (exact) mass is 578 g/mol. The highest BCUT2D eigenvalue weighted by molar-refractivity contribution is 6.29. The molecule has 8 nitrogen and oxygen atoms in total. The van der Waals surface area contributed by atoms with Crippen LogP contribution >= 0.6 is 11.6 Å². The number of benzene rings is 1. The van der Waals surface area contributed by atoms with Gasteiger partial charge in [-0.1, -0.05) is 17.7 Å². The van der Waals surface area contributed by atoms with Crippen LogP contribution in [-0.2, 0) is 11.2 Å². The Kier molecular flexibility index (Phi) is 12.1. The van der Waals surface area contributed by atoms with Crippen LogP contribution < -0.4 is 10.1 Å². The molecule has 1 aromatic carbocycles. The predicted octanol–water partition coefficient (Wildman–Crippen LogP) is 3.55. The molecule has 2 fully saturated rings. The van der Waals surface area contributed by atoms with Crippen molar-refractivity contribution in [1.82, 2.24) is 15.1 Å². The Labute approximate surface area is 242 Å². The van der Waals surface area contributed by atoms with Gasteiger partial charge >= 0.3 is 0 Å². The number of nitrogens with zero attached hydrogens (tertiary/aromatic N) is 3. The van der Waals surface area contributed by atoms with Crippen molar-refractivity contribution in [2.24, 2.45) is 22.7 Å². The number of ether oxygens (including phenoxy) is 1. The van der Waals surface area contributed by atoms with Crippen molar-refractivity contribution in [2.45, 2.75) is 51.4 Å². The molecule has 3 heterocycles. The molecular formula is C30H44ClFN4O4. The molecule has 40 heavy (non-hydrogen) atoms. The van der Waals surface area contributed by atoms with Gasteiger partial charge in [0.1, 0.15) is 17.4 Å². The van der Waals surface area contributed by atoms with E-state index >= 15 is 0 Å². The number of halogens is 2. The summed E-state index contributed by atoms with van der Waals surface area (Å²) in [5.41, 5.74) is 0.397.